The van der Waals surface area contributed by atoms with Crippen molar-refractivity contribution >= 4 is 17.3 Å². The number of H-pyrrole nitrogens is 1. The molecule has 8 nitrogen and oxygen atoms in total. The Morgan fingerprint density at radius 3 is 2.76 bits per heavy atom. The first-order valence-electron chi connectivity index (χ1n) is 10.2. The predicted octanol–water partition coefficient (Wildman–Crippen LogP) is 2.65. The van der Waals surface area contributed by atoms with E-state index in [0.717, 1.165) is 0 Å². The Hall–Kier alpha value is -3.14. The molecule has 1 aromatic heterocycles. The molecule has 0 aliphatic carbocycles. The molecule has 1 aromatic carbocycles. The third kappa shape index (κ3) is 5.85. The molecule has 0 unspecified atom stereocenters. The molecule has 1 N–H and O–H groups in total. The first-order chi connectivity index (χ1) is 16.2. The van der Waals surface area contributed by atoms with Gasteiger partial charge in [0.2, 0.25) is 0 Å². The zero-order chi connectivity index (χ0) is 24.9. The molecule has 0 amide bonds. The zero-order valence-electron chi connectivity index (χ0n) is 18.0. The van der Waals surface area contributed by atoms with Gasteiger partial charge in [-0.3, -0.25) is 14.3 Å². The predicted molar refractivity (Wildman–Crippen MR) is 119 cm³/mol. The van der Waals surface area contributed by atoms with E-state index in [9.17, 15) is 22.8 Å². The summed E-state index contributed by atoms with van der Waals surface area (Å²) in [5, 5.41) is 0.118. The largest absolute Gasteiger partial charge is 0.493 e. The Kier molecular flexibility index (Phi) is 8.14. The highest BCUT2D eigenvalue weighted by atomic mass is 32.1. The van der Waals surface area contributed by atoms with Crippen LogP contribution in [0.15, 0.2) is 40.1 Å². The molecule has 2 aromatic rings. The maximum atomic E-state index is 13.2. The number of ether oxygens (including phenoxy) is 4. The van der Waals surface area contributed by atoms with Gasteiger partial charge in [-0.25, -0.2) is 4.79 Å². The van der Waals surface area contributed by atoms with Crippen molar-refractivity contribution in [1.29, 1.82) is 0 Å². The van der Waals surface area contributed by atoms with Crippen LogP contribution in [-0.2, 0) is 20.4 Å². The molecule has 34 heavy (non-hydrogen) atoms. The van der Waals surface area contributed by atoms with E-state index in [0.29, 0.717) is 28.7 Å². The number of thiocarbonyl (C=S) groups is 1. The van der Waals surface area contributed by atoms with Crippen LogP contribution in [-0.4, -0.2) is 46.6 Å². The number of nitrogens with one attached hydrogen (secondary N) is 1. The standard InChI is InChI=1S/C22H21F3N2O6S/c1-3-9-31-16-10-18(27-11-14(22(23,24)25)19(28)26-21(27)29)33-17(16)12-32-20(34)13-7-5-6-8-15(13)30-4-2/h1,5-8,11,16-18H,4,9-10,12H2,2H3,(H,26,28,29)/t16-,17+,18+/m0/s1. The molecule has 1 fully saturated rings. The SMILES string of the molecule is C#CCO[C@H]1C[C@H](n2cc(C(F)(F)F)c(=O)[nH]c2=O)O[C@@H]1COC(=S)c1ccccc1OCC. The van der Waals surface area contributed by atoms with Crippen LogP contribution in [0.4, 0.5) is 13.2 Å². The first-order valence-corrected chi connectivity index (χ1v) is 10.6. The molecule has 0 bridgehead atoms. The van der Waals surface area contributed by atoms with Crippen molar-refractivity contribution in [2.75, 3.05) is 19.8 Å². The van der Waals surface area contributed by atoms with Crippen molar-refractivity contribution in [3.05, 3.63) is 62.4 Å². The summed E-state index contributed by atoms with van der Waals surface area (Å²) < 4.78 is 62.7. The normalized spacial score (nSPS) is 20.0. The third-order valence-electron chi connectivity index (χ3n) is 4.93. The molecule has 0 saturated carbocycles. The van der Waals surface area contributed by atoms with Gasteiger partial charge in [0, 0.05) is 12.6 Å². The van der Waals surface area contributed by atoms with Crippen molar-refractivity contribution in [3.63, 3.8) is 0 Å². The highest BCUT2D eigenvalue weighted by Gasteiger charge is 2.40. The lowest BCUT2D eigenvalue weighted by molar-refractivity contribution is -0.139. The van der Waals surface area contributed by atoms with Crippen molar-refractivity contribution in [2.45, 2.75) is 38.0 Å². The number of aromatic nitrogens is 2. The number of nitrogens with zero attached hydrogens (tertiary/aromatic N) is 1. The number of aromatic amines is 1. The van der Waals surface area contributed by atoms with Crippen LogP contribution < -0.4 is 16.0 Å². The van der Waals surface area contributed by atoms with Gasteiger partial charge in [-0.05, 0) is 31.3 Å². The highest BCUT2D eigenvalue weighted by Crippen LogP contribution is 2.32. The van der Waals surface area contributed by atoms with Gasteiger partial charge in [0.1, 0.15) is 36.9 Å². The topological polar surface area (TPSA) is 91.8 Å². The molecule has 1 aliphatic heterocycles. The number of hydrogen-bond donors (Lipinski definition) is 1. The summed E-state index contributed by atoms with van der Waals surface area (Å²) in [5.74, 6) is 2.83. The second-order valence-electron chi connectivity index (χ2n) is 7.15. The van der Waals surface area contributed by atoms with E-state index in [1.54, 1.807) is 29.2 Å². The zero-order valence-corrected chi connectivity index (χ0v) is 18.8. The minimum atomic E-state index is -4.95. The number of hydrogen-bond acceptors (Lipinski definition) is 7. The molecule has 1 aliphatic rings. The van der Waals surface area contributed by atoms with Crippen LogP contribution in [0.1, 0.15) is 30.7 Å². The van der Waals surface area contributed by atoms with E-state index in [2.05, 4.69) is 5.92 Å². The summed E-state index contributed by atoms with van der Waals surface area (Å²) in [5.41, 5.74) is -3.57. The van der Waals surface area contributed by atoms with Gasteiger partial charge < -0.3 is 18.9 Å². The number of terminal acetylenes is 1. The minimum Gasteiger partial charge on any atom is -0.493 e. The summed E-state index contributed by atoms with van der Waals surface area (Å²) in [6.07, 6.45) is -1.98. The van der Waals surface area contributed by atoms with Crippen molar-refractivity contribution in [3.8, 4) is 18.1 Å². The molecular weight excluding hydrogens is 477 g/mol. The van der Waals surface area contributed by atoms with E-state index in [4.69, 9.17) is 37.6 Å². The average Bonchev–Trinajstić information content (AvgIpc) is 3.18. The van der Waals surface area contributed by atoms with Crippen LogP contribution in [0.2, 0.25) is 0 Å². The van der Waals surface area contributed by atoms with Crippen LogP contribution in [0.5, 0.6) is 5.75 Å². The van der Waals surface area contributed by atoms with E-state index in [-0.39, 0.29) is 24.7 Å². The van der Waals surface area contributed by atoms with Crippen molar-refractivity contribution in [1.82, 2.24) is 9.55 Å². The van der Waals surface area contributed by atoms with E-state index in [1.807, 2.05) is 6.92 Å². The maximum absolute atomic E-state index is 13.2. The Balaban J connectivity index is 1.80. The fraction of sp³-hybridized carbons (Fsp3) is 0.409. The number of rotatable bonds is 8. The van der Waals surface area contributed by atoms with Gasteiger partial charge in [-0.2, -0.15) is 13.2 Å². The van der Waals surface area contributed by atoms with Crippen LogP contribution >= 0.6 is 12.2 Å². The number of para-hydroxylation sites is 1. The number of halogens is 3. The van der Waals surface area contributed by atoms with Gasteiger partial charge in [-0.1, -0.05) is 18.1 Å². The minimum absolute atomic E-state index is 0.0126. The molecule has 1 saturated heterocycles. The Bertz CT molecular complexity index is 1190. The van der Waals surface area contributed by atoms with E-state index in [1.165, 1.54) is 0 Å². The molecular formula is C22H21F3N2O6S. The lowest BCUT2D eigenvalue weighted by Gasteiger charge is -2.20. The van der Waals surface area contributed by atoms with Crippen LogP contribution in [0.3, 0.4) is 0 Å². The van der Waals surface area contributed by atoms with Crippen molar-refractivity contribution in [2.24, 2.45) is 0 Å². The Morgan fingerprint density at radius 1 is 1.35 bits per heavy atom. The summed E-state index contributed by atoms with van der Waals surface area (Å²) in [6.45, 7) is 2.02. The Labute approximate surface area is 197 Å². The summed E-state index contributed by atoms with van der Waals surface area (Å²) in [7, 11) is 0. The van der Waals surface area contributed by atoms with Gasteiger partial charge in [0.15, 0.2) is 5.05 Å². The molecule has 182 valence electrons. The summed E-state index contributed by atoms with van der Waals surface area (Å²) in [4.78, 5) is 25.5. The van der Waals surface area contributed by atoms with Gasteiger partial charge in [0.25, 0.3) is 5.56 Å². The quantitative estimate of drug-likeness (QED) is 0.442. The Morgan fingerprint density at radius 2 is 2.09 bits per heavy atom. The first kappa shape index (κ1) is 25.5. The molecule has 2 heterocycles. The maximum Gasteiger partial charge on any atom is 0.423 e. The van der Waals surface area contributed by atoms with Crippen LogP contribution in [0, 0.1) is 12.3 Å². The third-order valence-corrected chi connectivity index (χ3v) is 5.27. The van der Waals surface area contributed by atoms with Gasteiger partial charge in [0.05, 0.1) is 18.3 Å². The van der Waals surface area contributed by atoms with Gasteiger partial charge >= 0.3 is 11.9 Å². The second-order valence-corrected chi connectivity index (χ2v) is 7.52. The highest BCUT2D eigenvalue weighted by molar-refractivity contribution is 7.80. The average molecular weight is 498 g/mol. The van der Waals surface area contributed by atoms with Crippen LogP contribution in [0.25, 0.3) is 0 Å². The smallest absolute Gasteiger partial charge is 0.423 e. The number of benzene rings is 1. The summed E-state index contributed by atoms with van der Waals surface area (Å²) in [6, 6.07) is 6.99. The van der Waals surface area contributed by atoms with E-state index >= 15 is 0 Å². The number of alkyl halides is 3. The fourth-order valence-corrected chi connectivity index (χ4v) is 3.64. The van der Waals surface area contributed by atoms with Gasteiger partial charge in [-0.15, -0.1) is 6.42 Å². The molecule has 0 spiro atoms. The molecule has 0 radical (unpaired) electrons. The lowest BCUT2D eigenvalue weighted by atomic mass is 10.1. The van der Waals surface area contributed by atoms with Crippen molar-refractivity contribution < 1.29 is 32.1 Å². The molecule has 3 rings (SSSR count). The molecule has 3 atom stereocenters. The lowest BCUT2D eigenvalue weighted by Crippen LogP contribution is -2.36. The second kappa shape index (κ2) is 10.9. The monoisotopic (exact) mass is 498 g/mol. The summed E-state index contributed by atoms with van der Waals surface area (Å²) >= 11 is 5.35. The van der Waals surface area contributed by atoms with E-state index < -0.39 is 41.4 Å². The fourth-order valence-electron chi connectivity index (χ4n) is 3.41. The molecule has 12 heteroatoms.